The van der Waals surface area contributed by atoms with Crippen molar-refractivity contribution in [3.8, 4) is 10.7 Å². The van der Waals surface area contributed by atoms with Crippen molar-refractivity contribution in [1.29, 1.82) is 0 Å². The van der Waals surface area contributed by atoms with Gasteiger partial charge in [0.05, 0.1) is 9.75 Å². The van der Waals surface area contributed by atoms with Crippen molar-refractivity contribution in [3.05, 3.63) is 27.6 Å². The lowest BCUT2D eigenvalue weighted by Gasteiger charge is -2.16. The molecule has 2 N–H and O–H groups in total. The van der Waals surface area contributed by atoms with E-state index >= 15 is 0 Å². The first-order valence-corrected chi connectivity index (χ1v) is 7.98. The highest BCUT2D eigenvalue weighted by Gasteiger charge is 2.20. The number of H-pyrrole nitrogens is 1. The van der Waals surface area contributed by atoms with Gasteiger partial charge < -0.3 is 10.1 Å². The SMILES string of the molecule is CC(CC1CCOC1)NC(=O)c1ccc(-c2noc(=O)[nH]2)s1. The minimum atomic E-state index is -0.609. The molecule has 0 aromatic carbocycles. The number of nitrogens with zero attached hydrogens (tertiary/aromatic N) is 1. The van der Waals surface area contributed by atoms with Crippen LogP contribution in [0.4, 0.5) is 0 Å². The molecule has 3 heterocycles. The first-order valence-electron chi connectivity index (χ1n) is 7.16. The van der Waals surface area contributed by atoms with Crippen molar-refractivity contribution in [2.24, 2.45) is 5.92 Å². The van der Waals surface area contributed by atoms with Crippen LogP contribution < -0.4 is 11.1 Å². The number of nitrogens with one attached hydrogen (secondary N) is 2. The first-order chi connectivity index (χ1) is 10.6. The van der Waals surface area contributed by atoms with E-state index in [0.29, 0.717) is 21.5 Å². The van der Waals surface area contributed by atoms with Gasteiger partial charge in [0.15, 0.2) is 5.82 Å². The highest BCUT2D eigenvalue weighted by molar-refractivity contribution is 7.17. The summed E-state index contributed by atoms with van der Waals surface area (Å²) in [6.45, 7) is 3.60. The van der Waals surface area contributed by atoms with Crippen molar-refractivity contribution < 1.29 is 14.1 Å². The number of amides is 1. The third kappa shape index (κ3) is 3.45. The van der Waals surface area contributed by atoms with E-state index in [1.165, 1.54) is 11.3 Å². The summed E-state index contributed by atoms with van der Waals surface area (Å²) in [5.41, 5.74) is 0. The number of ether oxygens (including phenoxy) is 1. The van der Waals surface area contributed by atoms with Crippen LogP contribution in [0.5, 0.6) is 0 Å². The Balaban J connectivity index is 1.60. The van der Waals surface area contributed by atoms with Gasteiger partial charge in [0.2, 0.25) is 0 Å². The lowest BCUT2D eigenvalue weighted by molar-refractivity contribution is 0.0937. The third-order valence-corrected chi connectivity index (χ3v) is 4.68. The topological polar surface area (TPSA) is 97.2 Å². The van der Waals surface area contributed by atoms with Gasteiger partial charge in [-0.15, -0.1) is 11.3 Å². The standard InChI is InChI=1S/C14H17N3O4S/c1-8(6-9-4-5-20-7-9)15-13(18)11-3-2-10(22-11)12-16-14(19)21-17-12/h2-3,8-9H,4-7H2,1H3,(H,15,18)(H,16,17,19). The van der Waals surface area contributed by atoms with E-state index in [1.807, 2.05) is 6.92 Å². The fourth-order valence-electron chi connectivity index (χ4n) is 2.55. The molecule has 2 unspecified atom stereocenters. The van der Waals surface area contributed by atoms with E-state index in [0.717, 1.165) is 26.1 Å². The summed E-state index contributed by atoms with van der Waals surface area (Å²) >= 11 is 1.26. The zero-order chi connectivity index (χ0) is 15.5. The molecule has 0 bridgehead atoms. The maximum atomic E-state index is 12.2. The Labute approximate surface area is 130 Å². The fourth-order valence-corrected chi connectivity index (χ4v) is 3.39. The molecule has 2 aromatic heterocycles. The minimum Gasteiger partial charge on any atom is -0.381 e. The van der Waals surface area contributed by atoms with Crippen LogP contribution in [-0.2, 0) is 4.74 Å². The van der Waals surface area contributed by atoms with Crippen LogP contribution in [0.3, 0.4) is 0 Å². The number of hydrogen-bond donors (Lipinski definition) is 2. The highest BCUT2D eigenvalue weighted by Crippen LogP contribution is 2.25. The normalized spacial score (nSPS) is 19.2. The van der Waals surface area contributed by atoms with Gasteiger partial charge in [0, 0.05) is 19.3 Å². The Morgan fingerprint density at radius 3 is 3.14 bits per heavy atom. The molecule has 2 atom stereocenters. The average molecular weight is 323 g/mol. The van der Waals surface area contributed by atoms with Crippen molar-refractivity contribution in [2.75, 3.05) is 13.2 Å². The van der Waals surface area contributed by atoms with Gasteiger partial charge >= 0.3 is 5.76 Å². The molecule has 0 spiro atoms. The number of rotatable bonds is 5. The Morgan fingerprint density at radius 1 is 1.59 bits per heavy atom. The highest BCUT2D eigenvalue weighted by atomic mass is 32.1. The largest absolute Gasteiger partial charge is 0.439 e. The molecule has 3 rings (SSSR count). The van der Waals surface area contributed by atoms with E-state index in [2.05, 4.69) is 20.0 Å². The summed E-state index contributed by atoms with van der Waals surface area (Å²) in [7, 11) is 0. The summed E-state index contributed by atoms with van der Waals surface area (Å²) in [5.74, 6) is 0.134. The van der Waals surface area contributed by atoms with Gasteiger partial charge in [-0.3, -0.25) is 14.3 Å². The molecule has 0 aliphatic carbocycles. The molecule has 2 aromatic rings. The molecule has 8 heteroatoms. The smallest absolute Gasteiger partial charge is 0.381 e. The second kappa shape index (κ2) is 6.45. The molecule has 118 valence electrons. The van der Waals surface area contributed by atoms with E-state index in [4.69, 9.17) is 4.74 Å². The zero-order valence-corrected chi connectivity index (χ0v) is 12.9. The van der Waals surface area contributed by atoms with E-state index in [9.17, 15) is 9.59 Å². The van der Waals surface area contributed by atoms with Crippen LogP contribution in [0.15, 0.2) is 21.5 Å². The number of carbonyl (C=O) groups is 1. The fraction of sp³-hybridized carbons (Fsp3) is 0.500. The van der Waals surface area contributed by atoms with E-state index in [-0.39, 0.29) is 11.9 Å². The van der Waals surface area contributed by atoms with Gasteiger partial charge in [-0.05, 0) is 37.8 Å². The van der Waals surface area contributed by atoms with Crippen molar-refractivity contribution in [1.82, 2.24) is 15.5 Å². The number of aromatic nitrogens is 2. The van der Waals surface area contributed by atoms with Gasteiger partial charge in [-0.1, -0.05) is 5.16 Å². The summed E-state index contributed by atoms with van der Waals surface area (Å²) in [4.78, 5) is 26.9. The molecule has 22 heavy (non-hydrogen) atoms. The predicted molar refractivity (Wildman–Crippen MR) is 80.9 cm³/mol. The maximum absolute atomic E-state index is 12.2. The first kappa shape index (κ1) is 15.0. The third-order valence-electron chi connectivity index (χ3n) is 3.59. The maximum Gasteiger partial charge on any atom is 0.439 e. The van der Waals surface area contributed by atoms with E-state index < -0.39 is 5.76 Å². The monoisotopic (exact) mass is 323 g/mol. The Bertz CT molecular complexity index is 699. The Morgan fingerprint density at radius 2 is 2.45 bits per heavy atom. The Kier molecular flexibility index (Phi) is 4.39. The minimum absolute atomic E-state index is 0.0941. The van der Waals surface area contributed by atoms with Crippen LogP contribution in [-0.4, -0.2) is 35.3 Å². The van der Waals surface area contributed by atoms with Crippen molar-refractivity contribution in [2.45, 2.75) is 25.8 Å². The molecule has 0 saturated carbocycles. The van der Waals surface area contributed by atoms with Crippen LogP contribution in [0.2, 0.25) is 0 Å². The van der Waals surface area contributed by atoms with Gasteiger partial charge in [-0.2, -0.15) is 0 Å². The van der Waals surface area contributed by atoms with Gasteiger partial charge in [0.1, 0.15) is 0 Å². The second-order valence-corrected chi connectivity index (χ2v) is 6.53. The molecule has 0 radical (unpaired) electrons. The van der Waals surface area contributed by atoms with Crippen molar-refractivity contribution >= 4 is 17.2 Å². The molecule has 1 aliphatic rings. The predicted octanol–water partition coefficient (Wildman–Crippen LogP) is 1.64. The summed E-state index contributed by atoms with van der Waals surface area (Å²) in [5, 5.41) is 6.60. The molecule has 1 saturated heterocycles. The molecule has 1 aliphatic heterocycles. The summed E-state index contributed by atoms with van der Waals surface area (Å²) in [6, 6.07) is 3.55. The molecular weight excluding hydrogens is 306 g/mol. The van der Waals surface area contributed by atoms with Crippen molar-refractivity contribution in [3.63, 3.8) is 0 Å². The molecule has 1 amide bonds. The van der Waals surface area contributed by atoms with Crippen LogP contribution in [0.25, 0.3) is 10.7 Å². The summed E-state index contributed by atoms with van der Waals surface area (Å²) < 4.78 is 9.81. The Hall–Kier alpha value is -1.93. The van der Waals surface area contributed by atoms with E-state index in [1.54, 1.807) is 12.1 Å². The van der Waals surface area contributed by atoms with Crippen LogP contribution in [0.1, 0.15) is 29.4 Å². The number of carbonyl (C=O) groups excluding carboxylic acids is 1. The number of hydrogen-bond acceptors (Lipinski definition) is 6. The number of thiophene rings is 1. The van der Waals surface area contributed by atoms with Gasteiger partial charge in [-0.25, -0.2) is 4.79 Å². The zero-order valence-electron chi connectivity index (χ0n) is 12.1. The van der Waals surface area contributed by atoms with Crippen LogP contribution >= 0.6 is 11.3 Å². The van der Waals surface area contributed by atoms with Gasteiger partial charge in [0.25, 0.3) is 5.91 Å². The molecule has 1 fully saturated rings. The lowest BCUT2D eigenvalue weighted by Crippen LogP contribution is -2.33. The average Bonchev–Trinajstić information content (AvgIpc) is 3.18. The van der Waals surface area contributed by atoms with Crippen LogP contribution in [0, 0.1) is 5.92 Å². The molecule has 7 nitrogen and oxygen atoms in total. The lowest BCUT2D eigenvalue weighted by atomic mass is 10.0. The summed E-state index contributed by atoms with van der Waals surface area (Å²) in [6.07, 6.45) is 1.98. The molecular formula is C14H17N3O4S. The second-order valence-electron chi connectivity index (χ2n) is 5.45. The number of aromatic amines is 1. The quantitative estimate of drug-likeness (QED) is 0.872.